The Kier molecular flexibility index (Phi) is 7.30. The van der Waals surface area contributed by atoms with Gasteiger partial charge in [0.05, 0.1) is 17.2 Å². The number of amidine groups is 1. The Morgan fingerprint density at radius 1 is 0.881 bits per heavy atom. The van der Waals surface area contributed by atoms with Crippen LogP contribution < -0.4 is 15.0 Å². The molecule has 0 spiro atoms. The van der Waals surface area contributed by atoms with Crippen molar-refractivity contribution in [2.75, 3.05) is 24.6 Å². The van der Waals surface area contributed by atoms with E-state index in [1.807, 2.05) is 37.3 Å². The van der Waals surface area contributed by atoms with E-state index in [4.69, 9.17) is 9.73 Å². The maximum absolute atomic E-state index is 12.9. The van der Waals surface area contributed by atoms with Crippen LogP contribution in [0.5, 0.6) is 5.75 Å². The lowest BCUT2D eigenvalue weighted by Gasteiger charge is -2.43. The fraction of sp³-hybridized carbons (Fsp3) is 0.222. The smallest absolute Gasteiger partial charge is 0.264 e. The van der Waals surface area contributed by atoms with Crippen molar-refractivity contribution in [3.8, 4) is 5.75 Å². The molecule has 0 saturated carbocycles. The van der Waals surface area contributed by atoms with E-state index < -0.39 is 0 Å². The van der Waals surface area contributed by atoms with Crippen LogP contribution in [0.4, 0.5) is 11.4 Å². The van der Waals surface area contributed by atoms with Gasteiger partial charge in [0.25, 0.3) is 5.91 Å². The van der Waals surface area contributed by atoms with Gasteiger partial charge in [0, 0.05) is 30.6 Å². The highest BCUT2D eigenvalue weighted by Gasteiger charge is 2.35. The van der Waals surface area contributed by atoms with E-state index in [9.17, 15) is 4.79 Å². The minimum atomic E-state index is -0.123. The second-order valence-electron chi connectivity index (χ2n) is 10.9. The summed E-state index contributed by atoms with van der Waals surface area (Å²) in [5.41, 5.74) is 8.57. The van der Waals surface area contributed by atoms with Crippen LogP contribution in [0.1, 0.15) is 59.4 Å². The van der Waals surface area contributed by atoms with Gasteiger partial charge in [0.2, 0.25) is 0 Å². The average molecular weight is 572 g/mol. The number of ether oxygens (including phenoxy) is 1. The topological polar surface area (TPSA) is 53.9 Å². The summed E-state index contributed by atoms with van der Waals surface area (Å²) >= 11 is 1.39. The SMILES string of the molecule is CCOc1ccc(/C=C2\SC(=Nc3cc4c5c(c3)[C@H](c3ccccc3)CCN5CC[C@@H]4c3ccccc3)NC2=O)cc1. The van der Waals surface area contributed by atoms with Crippen molar-refractivity contribution in [2.45, 2.75) is 31.6 Å². The van der Waals surface area contributed by atoms with Gasteiger partial charge >= 0.3 is 0 Å². The van der Waals surface area contributed by atoms with Crippen molar-refractivity contribution >= 4 is 40.3 Å². The second-order valence-corrected chi connectivity index (χ2v) is 12.0. The van der Waals surface area contributed by atoms with Crippen LogP contribution >= 0.6 is 11.8 Å². The summed E-state index contributed by atoms with van der Waals surface area (Å²) in [5, 5.41) is 3.61. The van der Waals surface area contributed by atoms with Crippen molar-refractivity contribution in [3.05, 3.63) is 130 Å². The maximum Gasteiger partial charge on any atom is 0.264 e. The summed E-state index contributed by atoms with van der Waals surface area (Å²) in [4.78, 5) is 21.2. The molecule has 0 bridgehead atoms. The molecule has 1 amide bonds. The molecule has 3 heterocycles. The largest absolute Gasteiger partial charge is 0.494 e. The number of thioether (sulfide) groups is 1. The quantitative estimate of drug-likeness (QED) is 0.240. The van der Waals surface area contributed by atoms with Crippen LogP contribution in [0.15, 0.2) is 107 Å². The Balaban J connectivity index is 1.27. The highest BCUT2D eigenvalue weighted by atomic mass is 32.2. The van der Waals surface area contributed by atoms with E-state index in [1.165, 1.54) is 39.7 Å². The van der Waals surface area contributed by atoms with Crippen LogP contribution in [0.3, 0.4) is 0 Å². The molecule has 3 aliphatic rings. The minimum Gasteiger partial charge on any atom is -0.494 e. The first-order valence-electron chi connectivity index (χ1n) is 14.7. The molecule has 42 heavy (non-hydrogen) atoms. The van der Waals surface area contributed by atoms with Crippen LogP contribution in [0.2, 0.25) is 0 Å². The Morgan fingerprint density at radius 3 is 2.05 bits per heavy atom. The summed E-state index contributed by atoms with van der Waals surface area (Å²) in [6, 6.07) is 34.0. The van der Waals surface area contributed by atoms with Crippen LogP contribution in [-0.2, 0) is 4.79 Å². The Hall–Kier alpha value is -4.29. The van der Waals surface area contributed by atoms with Gasteiger partial charge in [-0.1, -0.05) is 72.8 Å². The summed E-state index contributed by atoms with van der Waals surface area (Å²) in [5.74, 6) is 1.32. The van der Waals surface area contributed by atoms with E-state index in [0.717, 1.165) is 42.9 Å². The van der Waals surface area contributed by atoms with E-state index in [0.29, 0.717) is 28.5 Å². The minimum absolute atomic E-state index is 0.123. The van der Waals surface area contributed by atoms with Gasteiger partial charge in [-0.25, -0.2) is 4.99 Å². The third kappa shape index (κ3) is 5.23. The first-order chi connectivity index (χ1) is 20.7. The number of anilines is 1. The van der Waals surface area contributed by atoms with E-state index in [1.54, 1.807) is 0 Å². The van der Waals surface area contributed by atoms with Crippen molar-refractivity contribution in [1.82, 2.24) is 5.32 Å². The summed E-state index contributed by atoms with van der Waals surface area (Å²) in [7, 11) is 0. The Bertz CT molecular complexity index is 1590. The maximum atomic E-state index is 12.9. The van der Waals surface area contributed by atoms with E-state index in [2.05, 4.69) is 83.0 Å². The third-order valence-corrected chi connectivity index (χ3v) is 9.28. The van der Waals surface area contributed by atoms with Gasteiger partial charge < -0.3 is 15.0 Å². The van der Waals surface area contributed by atoms with Gasteiger partial charge in [-0.2, -0.15) is 0 Å². The van der Waals surface area contributed by atoms with Gasteiger partial charge in [-0.3, -0.25) is 4.79 Å². The van der Waals surface area contributed by atoms with Crippen molar-refractivity contribution in [2.24, 2.45) is 4.99 Å². The van der Waals surface area contributed by atoms with Gasteiger partial charge in [-0.15, -0.1) is 0 Å². The molecular weight excluding hydrogens is 538 g/mol. The van der Waals surface area contributed by atoms with Crippen LogP contribution in [0, 0.1) is 0 Å². The highest BCUT2D eigenvalue weighted by molar-refractivity contribution is 8.18. The zero-order valence-electron chi connectivity index (χ0n) is 23.6. The zero-order valence-corrected chi connectivity index (χ0v) is 24.4. The van der Waals surface area contributed by atoms with Gasteiger partial charge in [0.15, 0.2) is 5.17 Å². The number of nitrogens with one attached hydrogen (secondary N) is 1. The van der Waals surface area contributed by atoms with Crippen LogP contribution in [-0.4, -0.2) is 30.8 Å². The molecular formula is C36H33N3O2S. The average Bonchev–Trinajstić information content (AvgIpc) is 3.37. The number of hydrogen-bond acceptors (Lipinski definition) is 5. The molecule has 0 aromatic heterocycles. The molecule has 5 nitrogen and oxygen atoms in total. The number of carbonyl (C=O) groups excluding carboxylic acids is 1. The standard InChI is InChI=1S/C36H33N3O2S/c1-2-41-28-15-13-24(14-16-28)21-33-35(40)38-36(42-33)37-27-22-31-29(25-9-5-3-6-10-25)17-19-39-20-18-30(32(23-27)34(31)39)26-11-7-4-8-12-26/h3-16,21-23,29-30H,2,17-20H2,1H3,(H,37,38,40)/b33-21-/t29-,30+. The molecule has 210 valence electrons. The molecule has 1 saturated heterocycles. The molecule has 4 aromatic rings. The van der Waals surface area contributed by atoms with Crippen LogP contribution in [0.25, 0.3) is 6.08 Å². The number of rotatable bonds is 6. The van der Waals surface area contributed by atoms with Gasteiger partial charge in [-0.05, 0) is 89.7 Å². The molecule has 3 aliphatic heterocycles. The normalized spacial score (nSPS) is 21.4. The molecule has 0 aliphatic carbocycles. The fourth-order valence-electron chi connectivity index (χ4n) is 6.48. The summed E-state index contributed by atoms with van der Waals surface area (Å²) in [6.45, 7) is 4.70. The molecule has 4 aromatic carbocycles. The lowest BCUT2D eigenvalue weighted by Crippen LogP contribution is -2.37. The summed E-state index contributed by atoms with van der Waals surface area (Å²) in [6.07, 6.45) is 4.06. The van der Waals surface area contributed by atoms with Crippen molar-refractivity contribution < 1.29 is 9.53 Å². The fourth-order valence-corrected chi connectivity index (χ4v) is 7.32. The zero-order chi connectivity index (χ0) is 28.5. The Morgan fingerprint density at radius 2 is 1.48 bits per heavy atom. The van der Waals surface area contributed by atoms with Crippen molar-refractivity contribution in [3.63, 3.8) is 0 Å². The van der Waals surface area contributed by atoms with E-state index >= 15 is 0 Å². The Labute approximate surface area is 251 Å². The number of amides is 1. The number of nitrogens with zero attached hydrogens (tertiary/aromatic N) is 2. The number of hydrogen-bond donors (Lipinski definition) is 1. The monoisotopic (exact) mass is 571 g/mol. The lowest BCUT2D eigenvalue weighted by atomic mass is 9.76. The molecule has 1 fully saturated rings. The molecule has 1 N–H and O–H groups in total. The van der Waals surface area contributed by atoms with Crippen molar-refractivity contribution in [1.29, 1.82) is 0 Å². The van der Waals surface area contributed by atoms with E-state index in [-0.39, 0.29) is 5.91 Å². The molecule has 0 radical (unpaired) electrons. The molecule has 7 rings (SSSR count). The molecule has 0 unspecified atom stereocenters. The number of aliphatic imine (C=N–C) groups is 1. The number of benzene rings is 4. The predicted octanol–water partition coefficient (Wildman–Crippen LogP) is 7.85. The third-order valence-electron chi connectivity index (χ3n) is 8.37. The van der Waals surface area contributed by atoms with Gasteiger partial charge in [0.1, 0.15) is 5.75 Å². The highest BCUT2D eigenvalue weighted by Crippen LogP contribution is 2.50. The molecule has 2 atom stereocenters. The summed E-state index contributed by atoms with van der Waals surface area (Å²) < 4.78 is 5.55. The second kappa shape index (κ2) is 11.5. The first kappa shape index (κ1) is 26.6. The predicted molar refractivity (Wildman–Crippen MR) is 173 cm³/mol. The molecule has 6 heteroatoms. The number of carbonyl (C=O) groups is 1. The lowest BCUT2D eigenvalue weighted by molar-refractivity contribution is -0.115. The first-order valence-corrected chi connectivity index (χ1v) is 15.5.